The van der Waals surface area contributed by atoms with Crippen LogP contribution in [0.1, 0.15) is 60.3 Å². The second-order valence-corrected chi connectivity index (χ2v) is 6.99. The van der Waals surface area contributed by atoms with Crippen molar-refractivity contribution in [3.8, 4) is 0 Å². The maximum atomic E-state index is 13.3. The zero-order chi connectivity index (χ0) is 24.7. The second-order valence-electron chi connectivity index (χ2n) is 6.99. The first kappa shape index (κ1) is 29.2. The van der Waals surface area contributed by atoms with Crippen LogP contribution in [0.15, 0.2) is 18.3 Å². The quantitative estimate of drug-likeness (QED) is 0.285. The van der Waals surface area contributed by atoms with Gasteiger partial charge in [0.05, 0.1) is 12.5 Å². The van der Waals surface area contributed by atoms with Crippen molar-refractivity contribution in [1.29, 1.82) is 0 Å². The number of halogens is 1. The van der Waals surface area contributed by atoms with Crippen molar-refractivity contribution in [2.24, 2.45) is 5.92 Å². The van der Waals surface area contributed by atoms with E-state index in [4.69, 9.17) is 4.84 Å². The van der Waals surface area contributed by atoms with Crippen LogP contribution in [0.2, 0.25) is 0 Å². The van der Waals surface area contributed by atoms with Crippen LogP contribution in [0.3, 0.4) is 0 Å². The van der Waals surface area contributed by atoms with Gasteiger partial charge in [0.2, 0.25) is 11.8 Å². The van der Waals surface area contributed by atoms with Gasteiger partial charge in [0.15, 0.2) is 12.0 Å². The van der Waals surface area contributed by atoms with E-state index >= 15 is 0 Å². The van der Waals surface area contributed by atoms with E-state index in [-0.39, 0.29) is 24.8 Å². The molecule has 1 rings (SSSR count). The maximum absolute atomic E-state index is 13.3. The van der Waals surface area contributed by atoms with Gasteiger partial charge in [-0.15, -0.1) is 0 Å². The van der Waals surface area contributed by atoms with Gasteiger partial charge in [0.1, 0.15) is 13.7 Å². The van der Waals surface area contributed by atoms with Crippen LogP contribution >= 0.6 is 0 Å². The lowest BCUT2D eigenvalue weighted by molar-refractivity contribution is -0.875. The Bertz CT molecular complexity index is 732. The van der Waals surface area contributed by atoms with Gasteiger partial charge in [-0.2, -0.15) is 0 Å². The van der Waals surface area contributed by atoms with Crippen molar-refractivity contribution in [3.63, 3.8) is 0 Å². The van der Waals surface area contributed by atoms with E-state index < -0.39 is 23.5 Å². The Balaban J connectivity index is 0.00000466. The molecule has 1 heterocycles. The standard InChI is InChI=1S/C20H31FN4O5.C2H6/c1-5-7-8-16(12-24(29)15(3)26)20(28)23(11-6-2)14-19(27)22-18-10-9-17(21)13-25(18)30-4;1-2/h9-10,13,16,29H,5-8,11-12,14H2,1-4H3;1-2H3/p+1. The summed E-state index contributed by atoms with van der Waals surface area (Å²) in [6, 6.07) is 2.53. The average Bonchev–Trinajstić information content (AvgIpc) is 2.78. The number of hydroxylamine groups is 2. The van der Waals surface area contributed by atoms with E-state index in [2.05, 4.69) is 5.32 Å². The van der Waals surface area contributed by atoms with Crippen molar-refractivity contribution in [1.82, 2.24) is 9.96 Å². The first-order valence-corrected chi connectivity index (χ1v) is 11.0. The Labute approximate surface area is 190 Å². The highest BCUT2D eigenvalue weighted by molar-refractivity contribution is 5.93. The number of aromatic nitrogens is 1. The molecule has 0 spiro atoms. The van der Waals surface area contributed by atoms with Gasteiger partial charge in [-0.1, -0.05) is 40.5 Å². The lowest BCUT2D eigenvalue weighted by Gasteiger charge is -2.27. The molecule has 0 aliphatic rings. The van der Waals surface area contributed by atoms with Crippen LogP contribution in [0, 0.1) is 11.7 Å². The van der Waals surface area contributed by atoms with Crippen LogP contribution in [0.25, 0.3) is 0 Å². The third kappa shape index (κ3) is 10.0. The fourth-order valence-electron chi connectivity index (χ4n) is 2.94. The van der Waals surface area contributed by atoms with E-state index in [1.807, 2.05) is 27.7 Å². The lowest BCUT2D eigenvalue weighted by Crippen LogP contribution is -2.47. The molecule has 0 aromatic carbocycles. The van der Waals surface area contributed by atoms with Gasteiger partial charge < -0.3 is 9.74 Å². The highest BCUT2D eigenvalue weighted by Crippen LogP contribution is 2.15. The van der Waals surface area contributed by atoms with Gasteiger partial charge in [0, 0.05) is 19.5 Å². The summed E-state index contributed by atoms with van der Waals surface area (Å²) in [7, 11) is 1.33. The zero-order valence-corrected chi connectivity index (χ0v) is 20.1. The third-order valence-electron chi connectivity index (χ3n) is 4.49. The molecular formula is C22H38FN4O5+. The van der Waals surface area contributed by atoms with Crippen molar-refractivity contribution in [2.45, 2.75) is 60.3 Å². The Morgan fingerprint density at radius 1 is 1.22 bits per heavy atom. The number of unbranched alkanes of at least 4 members (excludes halogenated alkanes) is 1. The van der Waals surface area contributed by atoms with Crippen LogP contribution in [-0.4, -0.2) is 59.6 Å². The fraction of sp³-hybridized carbons (Fsp3) is 0.636. The number of hydrogen-bond donors (Lipinski definition) is 2. The monoisotopic (exact) mass is 457 g/mol. The van der Waals surface area contributed by atoms with Crippen LogP contribution < -0.4 is 14.9 Å². The molecule has 32 heavy (non-hydrogen) atoms. The lowest BCUT2D eigenvalue weighted by atomic mass is 10.00. The van der Waals surface area contributed by atoms with Crippen LogP contribution in [0.5, 0.6) is 0 Å². The van der Waals surface area contributed by atoms with Gasteiger partial charge in [-0.25, -0.2) is 19.6 Å². The van der Waals surface area contributed by atoms with Crippen LogP contribution in [-0.2, 0) is 14.4 Å². The van der Waals surface area contributed by atoms with E-state index in [1.165, 1.54) is 31.1 Å². The first-order valence-electron chi connectivity index (χ1n) is 11.0. The zero-order valence-electron chi connectivity index (χ0n) is 20.1. The van der Waals surface area contributed by atoms with Gasteiger partial charge in [-0.05, 0) is 23.6 Å². The predicted octanol–water partition coefficient (Wildman–Crippen LogP) is 2.42. The summed E-state index contributed by atoms with van der Waals surface area (Å²) in [5.41, 5.74) is 0. The molecule has 0 saturated carbocycles. The fourth-order valence-corrected chi connectivity index (χ4v) is 2.94. The number of rotatable bonds is 12. The minimum atomic E-state index is -0.618. The summed E-state index contributed by atoms with van der Waals surface area (Å²) in [6.07, 6.45) is 3.79. The molecule has 0 bridgehead atoms. The first-order chi connectivity index (χ1) is 15.2. The number of carbonyl (C=O) groups is 3. The molecule has 1 atom stereocenters. The van der Waals surface area contributed by atoms with Gasteiger partial charge >= 0.3 is 11.7 Å². The van der Waals surface area contributed by atoms with E-state index in [9.17, 15) is 24.0 Å². The Morgan fingerprint density at radius 2 is 1.88 bits per heavy atom. The number of carbonyl (C=O) groups excluding carboxylic acids is 3. The molecule has 0 fully saturated rings. The molecule has 2 N–H and O–H groups in total. The molecule has 10 heteroatoms. The molecule has 0 aliphatic carbocycles. The molecule has 1 aromatic rings. The number of nitrogens with one attached hydrogen (secondary N) is 1. The molecule has 3 amide bonds. The topological polar surface area (TPSA) is 103 Å². The van der Waals surface area contributed by atoms with Gasteiger partial charge in [0.25, 0.3) is 0 Å². The molecular weight excluding hydrogens is 419 g/mol. The normalized spacial score (nSPS) is 11.0. The molecule has 1 aromatic heterocycles. The smallest absolute Gasteiger partial charge is 0.327 e. The third-order valence-corrected chi connectivity index (χ3v) is 4.49. The average molecular weight is 458 g/mol. The summed E-state index contributed by atoms with van der Waals surface area (Å²) < 4.78 is 14.4. The predicted molar refractivity (Wildman–Crippen MR) is 118 cm³/mol. The van der Waals surface area contributed by atoms with Crippen molar-refractivity contribution in [3.05, 3.63) is 24.1 Å². The van der Waals surface area contributed by atoms with E-state index in [0.717, 1.165) is 23.8 Å². The Kier molecular flexibility index (Phi) is 14.6. The number of nitrogens with zero attached hydrogens (tertiary/aromatic N) is 3. The van der Waals surface area contributed by atoms with E-state index in [1.54, 1.807) is 0 Å². The van der Waals surface area contributed by atoms with Crippen LogP contribution in [0.4, 0.5) is 10.2 Å². The van der Waals surface area contributed by atoms with Crippen molar-refractivity contribution in [2.75, 3.05) is 32.1 Å². The minimum absolute atomic E-state index is 0.127. The maximum Gasteiger partial charge on any atom is 0.327 e. The molecule has 0 saturated heterocycles. The highest BCUT2D eigenvalue weighted by Gasteiger charge is 2.29. The summed E-state index contributed by atoms with van der Waals surface area (Å²) >= 11 is 0. The number of pyridine rings is 1. The van der Waals surface area contributed by atoms with Gasteiger partial charge in [-0.3, -0.25) is 14.8 Å². The Hall–Kier alpha value is -2.75. The number of anilines is 1. The van der Waals surface area contributed by atoms with Crippen molar-refractivity contribution < 1.29 is 33.5 Å². The summed E-state index contributed by atoms with van der Waals surface area (Å²) in [5, 5.41) is 12.9. The molecule has 0 radical (unpaired) electrons. The summed E-state index contributed by atoms with van der Waals surface area (Å²) in [5.74, 6) is -2.27. The van der Waals surface area contributed by atoms with Crippen molar-refractivity contribution >= 4 is 23.5 Å². The number of amides is 3. The minimum Gasteiger partial charge on any atom is -0.339 e. The largest absolute Gasteiger partial charge is 0.339 e. The molecule has 0 aliphatic heterocycles. The second kappa shape index (κ2) is 16.0. The SMILES string of the molecule is CC.CCCCC(CN(O)C(C)=O)C(=O)N(CCC)CC(=O)Nc1ccc(F)c[n+]1OC. The summed E-state index contributed by atoms with van der Waals surface area (Å²) in [6.45, 7) is 9.07. The molecule has 9 nitrogen and oxygen atoms in total. The molecule has 182 valence electrons. The highest BCUT2D eigenvalue weighted by atomic mass is 19.1. The van der Waals surface area contributed by atoms with E-state index in [0.29, 0.717) is 24.4 Å². The molecule has 1 unspecified atom stereocenters. The Morgan fingerprint density at radius 3 is 2.41 bits per heavy atom. The number of hydrogen-bond acceptors (Lipinski definition) is 5. The summed E-state index contributed by atoms with van der Waals surface area (Å²) in [4.78, 5) is 43.4.